The average Bonchev–Trinajstić information content (AvgIpc) is 3.12. The molecule has 3 rings (SSSR count). The number of benzene rings is 2. The van der Waals surface area contributed by atoms with Crippen LogP contribution in [0.15, 0.2) is 41.8 Å². The molecule has 0 aliphatic rings. The van der Waals surface area contributed by atoms with Crippen LogP contribution in [0.5, 0.6) is 11.5 Å². The van der Waals surface area contributed by atoms with Gasteiger partial charge in [-0.15, -0.1) is 11.3 Å². The Kier molecular flexibility index (Phi) is 5.61. The summed E-state index contributed by atoms with van der Waals surface area (Å²) in [6.07, 6.45) is 0. The van der Waals surface area contributed by atoms with Gasteiger partial charge in [0, 0.05) is 16.6 Å². The molecule has 0 saturated carbocycles. The van der Waals surface area contributed by atoms with E-state index in [2.05, 4.69) is 15.6 Å². The topological polar surface area (TPSA) is 72.5 Å². The number of nitrogens with zero attached hydrogens (tertiary/aromatic N) is 1. The molecule has 0 saturated heterocycles. The Morgan fingerprint density at radius 2 is 1.81 bits per heavy atom. The predicted octanol–water partition coefficient (Wildman–Crippen LogP) is 5.09. The molecule has 2 N–H and O–H groups in total. The third-order valence-corrected chi connectivity index (χ3v) is 4.93. The number of urea groups is 1. The SMILES string of the molecule is COc1ccc(OC)c(-c2csc(NC(=O)Nc3ccc(C)c(C)c3)n2)c1. The van der Waals surface area contributed by atoms with Gasteiger partial charge in [-0.2, -0.15) is 0 Å². The lowest BCUT2D eigenvalue weighted by atomic mass is 10.1. The van der Waals surface area contributed by atoms with E-state index in [1.54, 1.807) is 14.2 Å². The molecule has 2 aromatic carbocycles. The van der Waals surface area contributed by atoms with Crippen molar-refractivity contribution < 1.29 is 14.3 Å². The molecule has 7 heteroatoms. The maximum Gasteiger partial charge on any atom is 0.325 e. The predicted molar refractivity (Wildman–Crippen MR) is 109 cm³/mol. The van der Waals surface area contributed by atoms with E-state index in [4.69, 9.17) is 9.47 Å². The number of hydrogen-bond donors (Lipinski definition) is 2. The first-order valence-corrected chi connectivity index (χ1v) is 9.21. The fraction of sp³-hybridized carbons (Fsp3) is 0.200. The van der Waals surface area contributed by atoms with Crippen molar-refractivity contribution in [1.29, 1.82) is 0 Å². The van der Waals surface area contributed by atoms with E-state index in [1.165, 1.54) is 16.9 Å². The molecule has 0 aliphatic carbocycles. The number of methoxy groups -OCH3 is 2. The van der Waals surface area contributed by atoms with Crippen LogP contribution in [0.3, 0.4) is 0 Å². The molecule has 6 nitrogen and oxygen atoms in total. The summed E-state index contributed by atoms with van der Waals surface area (Å²) in [5.41, 5.74) is 4.54. The maximum atomic E-state index is 12.2. The van der Waals surface area contributed by atoms with Crippen LogP contribution >= 0.6 is 11.3 Å². The van der Waals surface area contributed by atoms with E-state index < -0.39 is 0 Å². The van der Waals surface area contributed by atoms with Crippen LogP contribution < -0.4 is 20.1 Å². The number of nitrogens with one attached hydrogen (secondary N) is 2. The van der Waals surface area contributed by atoms with Crippen LogP contribution in [0.4, 0.5) is 15.6 Å². The first-order valence-electron chi connectivity index (χ1n) is 8.33. The third-order valence-electron chi connectivity index (χ3n) is 4.17. The van der Waals surface area contributed by atoms with Crippen LogP contribution in [-0.4, -0.2) is 25.2 Å². The molecule has 140 valence electrons. The molecule has 2 amide bonds. The highest BCUT2D eigenvalue weighted by Gasteiger charge is 2.13. The molecule has 0 radical (unpaired) electrons. The number of anilines is 2. The van der Waals surface area contributed by atoms with Crippen LogP contribution in [0.1, 0.15) is 11.1 Å². The van der Waals surface area contributed by atoms with Crippen molar-refractivity contribution in [2.24, 2.45) is 0 Å². The zero-order chi connectivity index (χ0) is 19.4. The third kappa shape index (κ3) is 4.38. The fourth-order valence-electron chi connectivity index (χ4n) is 2.55. The molecule has 27 heavy (non-hydrogen) atoms. The summed E-state index contributed by atoms with van der Waals surface area (Å²) in [6, 6.07) is 10.9. The van der Waals surface area contributed by atoms with E-state index in [1.807, 2.05) is 55.6 Å². The van der Waals surface area contributed by atoms with E-state index in [9.17, 15) is 4.79 Å². The van der Waals surface area contributed by atoms with E-state index >= 15 is 0 Å². The van der Waals surface area contributed by atoms with Crippen molar-refractivity contribution in [3.8, 4) is 22.8 Å². The van der Waals surface area contributed by atoms with Gasteiger partial charge in [0.05, 0.1) is 19.9 Å². The minimum Gasteiger partial charge on any atom is -0.497 e. The number of amides is 2. The van der Waals surface area contributed by atoms with E-state index in [-0.39, 0.29) is 6.03 Å². The molecule has 0 unspecified atom stereocenters. The Morgan fingerprint density at radius 3 is 2.52 bits per heavy atom. The van der Waals surface area contributed by atoms with Gasteiger partial charge in [-0.05, 0) is 55.3 Å². The van der Waals surface area contributed by atoms with E-state index in [0.717, 1.165) is 16.8 Å². The summed E-state index contributed by atoms with van der Waals surface area (Å²) in [5.74, 6) is 1.40. The largest absolute Gasteiger partial charge is 0.497 e. The lowest BCUT2D eigenvalue weighted by Crippen LogP contribution is -2.19. The molecule has 0 aliphatic heterocycles. The Morgan fingerprint density at radius 1 is 1.00 bits per heavy atom. The zero-order valence-corrected chi connectivity index (χ0v) is 16.4. The highest BCUT2D eigenvalue weighted by molar-refractivity contribution is 7.14. The normalized spacial score (nSPS) is 10.4. The van der Waals surface area contributed by atoms with Gasteiger partial charge >= 0.3 is 6.03 Å². The van der Waals surface area contributed by atoms with Crippen molar-refractivity contribution in [2.45, 2.75) is 13.8 Å². The Labute approximate surface area is 162 Å². The van der Waals surface area contributed by atoms with Gasteiger partial charge in [-0.25, -0.2) is 9.78 Å². The summed E-state index contributed by atoms with van der Waals surface area (Å²) in [7, 11) is 3.21. The number of aryl methyl sites for hydroxylation is 2. The van der Waals surface area contributed by atoms with Gasteiger partial charge in [0.15, 0.2) is 5.13 Å². The minimum atomic E-state index is -0.336. The smallest absolute Gasteiger partial charge is 0.325 e. The Balaban J connectivity index is 1.74. The number of ether oxygens (including phenoxy) is 2. The van der Waals surface area contributed by atoms with Gasteiger partial charge in [0.1, 0.15) is 11.5 Å². The van der Waals surface area contributed by atoms with Gasteiger partial charge < -0.3 is 14.8 Å². The average molecular weight is 383 g/mol. The van der Waals surface area contributed by atoms with Gasteiger partial charge in [0.2, 0.25) is 0 Å². The first kappa shape index (κ1) is 18.7. The molecule has 0 bridgehead atoms. The number of thiazole rings is 1. The minimum absolute atomic E-state index is 0.336. The molecular weight excluding hydrogens is 362 g/mol. The second-order valence-electron chi connectivity index (χ2n) is 5.98. The highest BCUT2D eigenvalue weighted by atomic mass is 32.1. The van der Waals surface area contributed by atoms with Gasteiger partial charge in [-0.1, -0.05) is 6.07 Å². The first-order chi connectivity index (χ1) is 13.0. The van der Waals surface area contributed by atoms with Gasteiger partial charge in [0.25, 0.3) is 0 Å². The number of carbonyl (C=O) groups excluding carboxylic acids is 1. The molecule has 0 fully saturated rings. The Hall–Kier alpha value is -3.06. The monoisotopic (exact) mass is 383 g/mol. The maximum absolute atomic E-state index is 12.2. The second kappa shape index (κ2) is 8.09. The van der Waals surface area contributed by atoms with Crippen molar-refractivity contribution in [3.05, 3.63) is 52.9 Å². The number of hydrogen-bond acceptors (Lipinski definition) is 5. The lowest BCUT2D eigenvalue weighted by Gasteiger charge is -2.09. The summed E-state index contributed by atoms with van der Waals surface area (Å²) in [6.45, 7) is 4.04. The number of rotatable bonds is 5. The highest BCUT2D eigenvalue weighted by Crippen LogP contribution is 2.35. The van der Waals surface area contributed by atoms with Crippen molar-refractivity contribution >= 4 is 28.2 Å². The number of aromatic nitrogens is 1. The summed E-state index contributed by atoms with van der Waals surface area (Å²) in [4.78, 5) is 16.7. The summed E-state index contributed by atoms with van der Waals surface area (Å²) < 4.78 is 10.7. The zero-order valence-electron chi connectivity index (χ0n) is 15.6. The van der Waals surface area contributed by atoms with E-state index in [0.29, 0.717) is 22.3 Å². The van der Waals surface area contributed by atoms with Crippen LogP contribution in [-0.2, 0) is 0 Å². The molecular formula is C20H21N3O3S. The Bertz CT molecular complexity index is 969. The molecule has 1 aromatic heterocycles. The summed E-state index contributed by atoms with van der Waals surface area (Å²) >= 11 is 1.34. The molecule has 1 heterocycles. The summed E-state index contributed by atoms with van der Waals surface area (Å²) in [5, 5.41) is 7.95. The van der Waals surface area contributed by atoms with Crippen LogP contribution in [0.2, 0.25) is 0 Å². The molecule has 0 atom stereocenters. The quantitative estimate of drug-likeness (QED) is 0.644. The number of carbonyl (C=O) groups is 1. The molecule has 0 spiro atoms. The molecule has 3 aromatic rings. The van der Waals surface area contributed by atoms with Crippen molar-refractivity contribution in [1.82, 2.24) is 4.98 Å². The van der Waals surface area contributed by atoms with Gasteiger partial charge in [-0.3, -0.25) is 5.32 Å². The second-order valence-corrected chi connectivity index (χ2v) is 6.84. The van der Waals surface area contributed by atoms with Crippen LogP contribution in [0.25, 0.3) is 11.3 Å². The van der Waals surface area contributed by atoms with Crippen molar-refractivity contribution in [2.75, 3.05) is 24.9 Å². The standard InChI is InChI=1S/C20H21N3O3S/c1-12-5-6-14(9-13(12)2)21-19(24)23-20-22-17(11-27-20)16-10-15(25-3)7-8-18(16)26-4/h5-11H,1-4H3,(H2,21,22,23,24). The van der Waals surface area contributed by atoms with Crippen molar-refractivity contribution in [3.63, 3.8) is 0 Å². The lowest BCUT2D eigenvalue weighted by molar-refractivity contribution is 0.262. The fourth-order valence-corrected chi connectivity index (χ4v) is 3.25. The van der Waals surface area contributed by atoms with Crippen LogP contribution in [0, 0.1) is 13.8 Å².